The minimum absolute atomic E-state index is 0.820. The molecule has 0 aliphatic carbocycles. The zero-order valence-corrected chi connectivity index (χ0v) is 24.8. The van der Waals surface area contributed by atoms with Gasteiger partial charge in [0.15, 0.2) is 5.82 Å². The Bertz CT molecular complexity index is 2750. The molecule has 4 heteroatoms. The normalized spacial score (nSPS) is 11.9. The van der Waals surface area contributed by atoms with Crippen LogP contribution in [0.5, 0.6) is 0 Å². The Kier molecular flexibility index (Phi) is 5.25. The quantitative estimate of drug-likeness (QED) is 0.206. The van der Waals surface area contributed by atoms with Gasteiger partial charge < -0.3 is 4.57 Å². The second kappa shape index (κ2) is 9.62. The second-order valence-corrected chi connectivity index (χ2v) is 11.8. The molecule has 0 fully saturated rings. The molecular formula is C42H26N4. The van der Waals surface area contributed by atoms with Crippen molar-refractivity contribution in [3.05, 3.63) is 158 Å². The Balaban J connectivity index is 1.43. The minimum Gasteiger partial charge on any atom is -0.309 e. The highest BCUT2D eigenvalue weighted by molar-refractivity contribution is 6.22. The molecule has 4 nitrogen and oxygen atoms in total. The predicted molar refractivity (Wildman–Crippen MR) is 191 cm³/mol. The van der Waals surface area contributed by atoms with Gasteiger partial charge in [0.05, 0.1) is 38.8 Å². The van der Waals surface area contributed by atoms with Crippen molar-refractivity contribution in [2.75, 3.05) is 0 Å². The molecule has 3 aromatic heterocycles. The van der Waals surface area contributed by atoms with Crippen LogP contribution in [0.2, 0.25) is 0 Å². The fraction of sp³-hybridized carbons (Fsp3) is 0. The number of para-hydroxylation sites is 4. The third kappa shape index (κ3) is 3.49. The van der Waals surface area contributed by atoms with E-state index in [1.54, 1.807) is 0 Å². The average Bonchev–Trinajstić information content (AvgIpc) is 3.65. The Morgan fingerprint density at radius 1 is 0.391 bits per heavy atom. The van der Waals surface area contributed by atoms with Crippen LogP contribution in [0.4, 0.5) is 0 Å². The lowest BCUT2D eigenvalue weighted by atomic mass is 10.0. The van der Waals surface area contributed by atoms with Gasteiger partial charge in [-0.2, -0.15) is 0 Å². The van der Waals surface area contributed by atoms with Crippen molar-refractivity contribution in [3.63, 3.8) is 0 Å². The maximum absolute atomic E-state index is 5.39. The first kappa shape index (κ1) is 25.1. The largest absolute Gasteiger partial charge is 0.309 e. The van der Waals surface area contributed by atoms with Crippen LogP contribution < -0.4 is 0 Å². The summed E-state index contributed by atoms with van der Waals surface area (Å²) in [4.78, 5) is 10.6. The average molecular weight is 587 g/mol. The Morgan fingerprint density at radius 3 is 1.76 bits per heavy atom. The summed E-state index contributed by atoms with van der Waals surface area (Å²) in [6.45, 7) is 0. The van der Waals surface area contributed by atoms with Gasteiger partial charge in [-0.3, -0.25) is 4.57 Å². The molecule has 10 aromatic rings. The van der Waals surface area contributed by atoms with Crippen molar-refractivity contribution in [2.45, 2.75) is 0 Å². The summed E-state index contributed by atoms with van der Waals surface area (Å²) in [5.41, 5.74) is 9.37. The first-order valence-electron chi connectivity index (χ1n) is 15.6. The molecule has 0 bridgehead atoms. The molecule has 0 amide bonds. The third-order valence-electron chi connectivity index (χ3n) is 9.29. The number of hydrogen-bond donors (Lipinski definition) is 0. The summed E-state index contributed by atoms with van der Waals surface area (Å²) in [5.74, 6) is 0.820. The summed E-state index contributed by atoms with van der Waals surface area (Å²) in [5, 5.41) is 7.22. The highest BCUT2D eigenvalue weighted by Gasteiger charge is 2.23. The topological polar surface area (TPSA) is 35.6 Å². The lowest BCUT2D eigenvalue weighted by Gasteiger charge is -2.15. The minimum atomic E-state index is 0.820. The molecule has 0 saturated heterocycles. The maximum Gasteiger partial charge on any atom is 0.165 e. The Morgan fingerprint density at radius 2 is 1.00 bits per heavy atom. The van der Waals surface area contributed by atoms with E-state index in [4.69, 9.17) is 9.97 Å². The van der Waals surface area contributed by atoms with Gasteiger partial charge in [-0.05, 0) is 41.8 Å². The number of aromatic nitrogens is 4. The van der Waals surface area contributed by atoms with Crippen LogP contribution >= 0.6 is 0 Å². The summed E-state index contributed by atoms with van der Waals surface area (Å²) in [6, 6.07) is 55.8. The van der Waals surface area contributed by atoms with Gasteiger partial charge in [-0.15, -0.1) is 0 Å². The first-order valence-corrected chi connectivity index (χ1v) is 15.6. The molecule has 0 spiro atoms. The fourth-order valence-electron chi connectivity index (χ4n) is 7.33. The number of fused-ring (bicyclic) bond motifs is 9. The van der Waals surface area contributed by atoms with Gasteiger partial charge in [-0.1, -0.05) is 121 Å². The van der Waals surface area contributed by atoms with E-state index in [2.05, 4.69) is 143 Å². The van der Waals surface area contributed by atoms with Crippen LogP contribution in [0, 0.1) is 0 Å². The van der Waals surface area contributed by atoms with E-state index in [-0.39, 0.29) is 0 Å². The highest BCUT2D eigenvalue weighted by Crippen LogP contribution is 2.43. The molecule has 3 heterocycles. The van der Waals surface area contributed by atoms with E-state index in [0.717, 1.165) is 44.8 Å². The molecule has 0 aliphatic heterocycles. The van der Waals surface area contributed by atoms with E-state index >= 15 is 0 Å². The highest BCUT2D eigenvalue weighted by atomic mass is 15.1. The van der Waals surface area contributed by atoms with Crippen molar-refractivity contribution >= 4 is 65.4 Å². The van der Waals surface area contributed by atoms with Crippen LogP contribution in [0.25, 0.3) is 88.2 Å². The van der Waals surface area contributed by atoms with E-state index in [1.807, 2.05) is 24.3 Å². The van der Waals surface area contributed by atoms with Gasteiger partial charge in [0.25, 0.3) is 0 Å². The molecule has 0 radical (unpaired) electrons. The SMILES string of the molecule is c1ccc(-c2nc3ccccc3nc2-n2c3cccc(-n4c5ccccc5c5ccccc54)c3c3ccc4ccccc4c32)cc1. The van der Waals surface area contributed by atoms with Crippen LogP contribution in [0.3, 0.4) is 0 Å². The molecule has 10 rings (SSSR count). The van der Waals surface area contributed by atoms with Crippen molar-refractivity contribution in [3.8, 4) is 22.8 Å². The van der Waals surface area contributed by atoms with Gasteiger partial charge in [0, 0.05) is 32.5 Å². The molecule has 0 unspecified atom stereocenters. The molecule has 0 atom stereocenters. The van der Waals surface area contributed by atoms with Gasteiger partial charge in [0.1, 0.15) is 5.69 Å². The van der Waals surface area contributed by atoms with E-state index < -0.39 is 0 Å². The summed E-state index contributed by atoms with van der Waals surface area (Å²) in [6.07, 6.45) is 0. The number of hydrogen-bond acceptors (Lipinski definition) is 2. The predicted octanol–water partition coefficient (Wildman–Crippen LogP) is 10.6. The fourth-order valence-corrected chi connectivity index (χ4v) is 7.33. The molecule has 0 aliphatic rings. The number of nitrogens with zero attached hydrogens (tertiary/aromatic N) is 4. The lowest BCUT2D eigenvalue weighted by Crippen LogP contribution is -2.04. The van der Waals surface area contributed by atoms with E-state index in [1.165, 1.54) is 43.4 Å². The number of rotatable bonds is 3. The molecular weight excluding hydrogens is 560 g/mol. The molecule has 0 saturated carbocycles. The summed E-state index contributed by atoms with van der Waals surface area (Å²) < 4.78 is 4.78. The van der Waals surface area contributed by atoms with E-state index in [0.29, 0.717) is 0 Å². The molecule has 46 heavy (non-hydrogen) atoms. The lowest BCUT2D eigenvalue weighted by molar-refractivity contribution is 1.08. The number of benzene rings is 7. The maximum atomic E-state index is 5.39. The zero-order chi connectivity index (χ0) is 30.2. The second-order valence-electron chi connectivity index (χ2n) is 11.8. The monoisotopic (exact) mass is 586 g/mol. The van der Waals surface area contributed by atoms with E-state index in [9.17, 15) is 0 Å². The zero-order valence-electron chi connectivity index (χ0n) is 24.8. The smallest absolute Gasteiger partial charge is 0.165 e. The summed E-state index contributed by atoms with van der Waals surface area (Å²) in [7, 11) is 0. The molecule has 214 valence electrons. The van der Waals surface area contributed by atoms with Crippen molar-refractivity contribution in [1.29, 1.82) is 0 Å². The van der Waals surface area contributed by atoms with Crippen LogP contribution in [0.1, 0.15) is 0 Å². The first-order chi connectivity index (χ1) is 22.8. The van der Waals surface area contributed by atoms with Crippen LogP contribution in [-0.4, -0.2) is 19.1 Å². The molecule has 0 N–H and O–H groups in total. The van der Waals surface area contributed by atoms with Crippen molar-refractivity contribution in [1.82, 2.24) is 19.1 Å². The van der Waals surface area contributed by atoms with Gasteiger partial charge in [-0.25, -0.2) is 9.97 Å². The molecule has 7 aromatic carbocycles. The summed E-state index contributed by atoms with van der Waals surface area (Å²) >= 11 is 0. The van der Waals surface area contributed by atoms with Crippen molar-refractivity contribution in [2.24, 2.45) is 0 Å². The van der Waals surface area contributed by atoms with Crippen LogP contribution in [0.15, 0.2) is 158 Å². The van der Waals surface area contributed by atoms with Gasteiger partial charge in [0.2, 0.25) is 0 Å². The van der Waals surface area contributed by atoms with Gasteiger partial charge >= 0.3 is 0 Å². The third-order valence-corrected chi connectivity index (χ3v) is 9.29. The Hall–Kier alpha value is -6.26. The standard InChI is InChI=1S/C42H26N4/c1-2-14-28(15-3-1)40-42(44-34-20-9-8-19-33(34)43-40)46-38-24-12-23-37(39(38)32-26-25-27-13-4-5-16-29(27)41(32)46)45-35-21-10-6-17-30(35)31-18-7-11-22-36(31)45/h1-26H. The Labute approximate surface area is 264 Å². The van der Waals surface area contributed by atoms with Crippen LogP contribution in [-0.2, 0) is 0 Å². The van der Waals surface area contributed by atoms with Crippen molar-refractivity contribution < 1.29 is 0 Å².